The zero-order chi connectivity index (χ0) is 15.9. The van der Waals surface area contributed by atoms with Gasteiger partial charge in [0.15, 0.2) is 0 Å². The molecule has 0 spiro atoms. The molecule has 0 aliphatic carbocycles. The van der Waals surface area contributed by atoms with E-state index >= 15 is 0 Å². The van der Waals surface area contributed by atoms with E-state index in [0.717, 1.165) is 22.8 Å². The van der Waals surface area contributed by atoms with Crippen LogP contribution < -0.4 is 5.32 Å². The molecule has 0 bridgehead atoms. The Labute approximate surface area is 137 Å². The van der Waals surface area contributed by atoms with Crippen LogP contribution >= 0.6 is 11.6 Å². The van der Waals surface area contributed by atoms with Gasteiger partial charge in [-0.3, -0.25) is 0 Å². The average molecular weight is 314 g/mol. The van der Waals surface area contributed by atoms with Crippen LogP contribution in [0.2, 0.25) is 5.02 Å². The molecule has 22 heavy (non-hydrogen) atoms. The smallest absolute Gasteiger partial charge is 0.0669 e. The van der Waals surface area contributed by atoms with Crippen molar-refractivity contribution in [3.05, 3.63) is 64.7 Å². The molecule has 2 aromatic rings. The van der Waals surface area contributed by atoms with E-state index in [1.807, 2.05) is 36.4 Å². The fourth-order valence-corrected chi connectivity index (χ4v) is 2.46. The number of nitrogens with one attached hydrogen (secondary N) is 1. The van der Waals surface area contributed by atoms with Crippen LogP contribution in [0.5, 0.6) is 0 Å². The third-order valence-electron chi connectivity index (χ3n) is 3.61. The van der Waals surface area contributed by atoms with E-state index in [1.165, 1.54) is 5.56 Å². The lowest BCUT2D eigenvalue weighted by atomic mass is 10.1. The minimum Gasteiger partial charge on any atom is -0.383 e. The van der Waals surface area contributed by atoms with E-state index in [2.05, 4.69) is 42.5 Å². The molecule has 0 aliphatic rings. The Bertz CT molecular complexity index is 627. The minimum absolute atomic E-state index is 0.260. The average Bonchev–Trinajstić information content (AvgIpc) is 2.51. The van der Waals surface area contributed by atoms with Gasteiger partial charge >= 0.3 is 0 Å². The molecule has 0 aliphatic heterocycles. The van der Waals surface area contributed by atoms with Crippen LogP contribution in [0.1, 0.15) is 17.2 Å². The van der Waals surface area contributed by atoms with E-state index < -0.39 is 0 Å². The molecule has 0 heterocycles. The van der Waals surface area contributed by atoms with Crippen LogP contribution in [-0.2, 0) is 6.42 Å². The van der Waals surface area contributed by atoms with Crippen LogP contribution in [0, 0.1) is 11.3 Å². The fourth-order valence-electron chi connectivity index (χ4n) is 2.33. The lowest BCUT2D eigenvalue weighted by molar-refractivity contribution is 0.312. The molecule has 114 valence electrons. The van der Waals surface area contributed by atoms with Gasteiger partial charge in [0, 0.05) is 17.3 Å². The first-order valence-electron chi connectivity index (χ1n) is 7.22. The third-order valence-corrected chi connectivity index (χ3v) is 3.87. The molecule has 2 aromatic carbocycles. The second-order valence-electron chi connectivity index (χ2n) is 5.44. The highest BCUT2D eigenvalue weighted by molar-refractivity contribution is 6.30. The zero-order valence-electron chi connectivity index (χ0n) is 12.9. The summed E-state index contributed by atoms with van der Waals surface area (Å²) in [6.45, 7) is 0.798. The number of halogens is 1. The second-order valence-corrected chi connectivity index (χ2v) is 5.88. The number of anilines is 1. The van der Waals surface area contributed by atoms with E-state index in [-0.39, 0.29) is 6.04 Å². The monoisotopic (exact) mass is 313 g/mol. The van der Waals surface area contributed by atoms with Crippen molar-refractivity contribution in [2.75, 3.05) is 26.0 Å². The van der Waals surface area contributed by atoms with Gasteiger partial charge in [-0.25, -0.2) is 0 Å². The molecule has 0 fully saturated rings. The number of hydrogen-bond donors (Lipinski definition) is 1. The van der Waals surface area contributed by atoms with E-state index in [1.54, 1.807) is 0 Å². The number of nitrogens with zero attached hydrogens (tertiary/aromatic N) is 2. The number of benzene rings is 2. The van der Waals surface area contributed by atoms with Gasteiger partial charge in [-0.05, 0) is 49.5 Å². The van der Waals surface area contributed by atoms with Gasteiger partial charge in [0.05, 0.1) is 18.5 Å². The van der Waals surface area contributed by atoms with Crippen molar-refractivity contribution in [1.29, 1.82) is 5.26 Å². The third kappa shape index (κ3) is 4.49. The summed E-state index contributed by atoms with van der Waals surface area (Å²) >= 11 is 5.96. The molecule has 1 unspecified atom stereocenters. The number of rotatable bonds is 6. The lowest BCUT2D eigenvalue weighted by Gasteiger charge is -2.25. The predicted molar refractivity (Wildman–Crippen MR) is 92.1 cm³/mol. The largest absolute Gasteiger partial charge is 0.383 e. The maximum absolute atomic E-state index is 8.69. The first-order chi connectivity index (χ1) is 10.6. The van der Waals surface area contributed by atoms with Gasteiger partial charge in [0.1, 0.15) is 0 Å². The second kappa shape index (κ2) is 7.84. The predicted octanol–water partition coefficient (Wildman–Crippen LogP) is 4.12. The van der Waals surface area contributed by atoms with Crippen LogP contribution in [0.25, 0.3) is 0 Å². The Morgan fingerprint density at radius 3 is 2.27 bits per heavy atom. The first-order valence-corrected chi connectivity index (χ1v) is 7.59. The Balaban J connectivity index is 2.03. The van der Waals surface area contributed by atoms with Crippen molar-refractivity contribution >= 4 is 17.3 Å². The summed E-state index contributed by atoms with van der Waals surface area (Å²) in [7, 11) is 4.13. The molecule has 2 rings (SSSR count). The molecule has 1 N–H and O–H groups in total. The molecular formula is C18H20ClN3. The Hall–Kier alpha value is -2.02. The molecule has 3 nitrogen and oxygen atoms in total. The normalized spacial score (nSPS) is 12.0. The molecule has 0 amide bonds. The van der Waals surface area contributed by atoms with Crippen molar-refractivity contribution in [1.82, 2.24) is 4.90 Å². The van der Waals surface area contributed by atoms with Crippen molar-refractivity contribution < 1.29 is 0 Å². The summed E-state index contributed by atoms with van der Waals surface area (Å²) in [6.07, 6.45) is 0.450. The Morgan fingerprint density at radius 1 is 1.09 bits per heavy atom. The van der Waals surface area contributed by atoms with Crippen molar-refractivity contribution in [2.45, 2.75) is 12.5 Å². The van der Waals surface area contributed by atoms with Gasteiger partial charge in [0.2, 0.25) is 0 Å². The van der Waals surface area contributed by atoms with Crippen molar-refractivity contribution in [3.63, 3.8) is 0 Å². The number of likely N-dealkylation sites (N-methyl/N-ethyl adjacent to an activating group) is 1. The van der Waals surface area contributed by atoms with Crippen molar-refractivity contribution in [2.24, 2.45) is 0 Å². The van der Waals surface area contributed by atoms with Crippen LogP contribution in [-0.4, -0.2) is 25.5 Å². The van der Waals surface area contributed by atoms with Gasteiger partial charge in [-0.2, -0.15) is 5.26 Å². The van der Waals surface area contributed by atoms with E-state index in [9.17, 15) is 0 Å². The lowest BCUT2D eigenvalue weighted by Crippen LogP contribution is -2.26. The van der Waals surface area contributed by atoms with Crippen molar-refractivity contribution in [3.8, 4) is 6.07 Å². The quantitative estimate of drug-likeness (QED) is 0.872. The van der Waals surface area contributed by atoms with Crippen LogP contribution in [0.15, 0.2) is 48.5 Å². The number of nitriles is 1. The minimum atomic E-state index is 0.260. The van der Waals surface area contributed by atoms with Gasteiger partial charge in [0.25, 0.3) is 0 Å². The van der Waals surface area contributed by atoms with Crippen LogP contribution in [0.3, 0.4) is 0 Å². The fraction of sp³-hybridized carbons (Fsp3) is 0.278. The van der Waals surface area contributed by atoms with E-state index in [4.69, 9.17) is 16.9 Å². The standard InChI is InChI=1S/C18H20ClN3/c1-22(2)18(15-5-7-16(19)8-6-15)13-21-17-9-3-14(4-10-17)11-12-20/h3-10,18,21H,11,13H2,1-2H3. The summed E-state index contributed by atoms with van der Waals surface area (Å²) in [4.78, 5) is 2.18. The molecular weight excluding hydrogens is 294 g/mol. The summed E-state index contributed by atoms with van der Waals surface area (Å²) < 4.78 is 0. The highest BCUT2D eigenvalue weighted by Crippen LogP contribution is 2.21. The maximum Gasteiger partial charge on any atom is 0.0669 e. The van der Waals surface area contributed by atoms with Gasteiger partial charge in [-0.15, -0.1) is 0 Å². The van der Waals surface area contributed by atoms with Gasteiger partial charge < -0.3 is 10.2 Å². The summed E-state index contributed by atoms with van der Waals surface area (Å²) in [5, 5.41) is 12.9. The topological polar surface area (TPSA) is 39.1 Å². The maximum atomic E-state index is 8.69. The summed E-state index contributed by atoms with van der Waals surface area (Å²) in [5.74, 6) is 0. The van der Waals surface area contributed by atoms with Gasteiger partial charge in [-0.1, -0.05) is 35.9 Å². The first kappa shape index (κ1) is 16.4. The highest BCUT2D eigenvalue weighted by atomic mass is 35.5. The van der Waals surface area contributed by atoms with E-state index in [0.29, 0.717) is 6.42 Å². The molecule has 1 atom stereocenters. The molecule has 0 radical (unpaired) electrons. The Morgan fingerprint density at radius 2 is 1.73 bits per heavy atom. The molecule has 0 saturated carbocycles. The molecule has 0 saturated heterocycles. The van der Waals surface area contributed by atoms with Crippen LogP contribution in [0.4, 0.5) is 5.69 Å². The highest BCUT2D eigenvalue weighted by Gasteiger charge is 2.13. The summed E-state index contributed by atoms with van der Waals surface area (Å²) in [5.41, 5.74) is 3.32. The SMILES string of the molecule is CN(C)C(CNc1ccc(CC#N)cc1)c1ccc(Cl)cc1. The number of hydrogen-bond acceptors (Lipinski definition) is 3. The molecule has 0 aromatic heterocycles. The Kier molecular flexibility index (Phi) is 5.83. The zero-order valence-corrected chi connectivity index (χ0v) is 13.6. The summed E-state index contributed by atoms with van der Waals surface area (Å²) in [6, 6.07) is 18.4. The molecule has 4 heteroatoms.